The third kappa shape index (κ3) is 3.66. The van der Waals surface area contributed by atoms with E-state index in [4.69, 9.17) is 17.3 Å². The van der Waals surface area contributed by atoms with Gasteiger partial charge in [0.25, 0.3) is 0 Å². The van der Waals surface area contributed by atoms with Crippen LogP contribution < -0.4 is 5.73 Å². The third-order valence-corrected chi connectivity index (χ3v) is 5.25. The van der Waals surface area contributed by atoms with Crippen LogP contribution >= 0.6 is 11.6 Å². The first-order chi connectivity index (χ1) is 8.88. The van der Waals surface area contributed by atoms with Gasteiger partial charge in [-0.05, 0) is 30.5 Å². The summed E-state index contributed by atoms with van der Waals surface area (Å²) in [4.78, 5) is 0. The Balaban J connectivity index is 2.14. The lowest BCUT2D eigenvalue weighted by atomic mass is 10.1. The molecular weight excluding hydrogens is 291 g/mol. The maximum atomic E-state index is 13.0. The normalized spacial score (nSPS) is 21.5. The fourth-order valence-electron chi connectivity index (χ4n) is 2.16. The molecule has 1 aliphatic rings. The zero-order valence-corrected chi connectivity index (χ0v) is 11.9. The fourth-order valence-corrected chi connectivity index (χ4v) is 3.97. The monoisotopic (exact) mass is 306 g/mol. The summed E-state index contributed by atoms with van der Waals surface area (Å²) in [6.45, 7) is 0.836. The molecule has 2 N–H and O–H groups in total. The van der Waals surface area contributed by atoms with Crippen LogP contribution in [0.3, 0.4) is 0 Å². The summed E-state index contributed by atoms with van der Waals surface area (Å²) in [6, 6.07) is 3.84. The van der Waals surface area contributed by atoms with Crippen molar-refractivity contribution in [2.24, 2.45) is 5.73 Å². The molecule has 0 unspecified atom stereocenters. The van der Waals surface area contributed by atoms with Gasteiger partial charge in [0.2, 0.25) is 10.0 Å². The molecule has 0 bridgehead atoms. The summed E-state index contributed by atoms with van der Waals surface area (Å²) >= 11 is 5.65. The highest BCUT2D eigenvalue weighted by Crippen LogP contribution is 2.20. The largest absolute Gasteiger partial charge is 0.327 e. The lowest BCUT2D eigenvalue weighted by Gasteiger charge is -2.29. The molecule has 1 aromatic carbocycles. The molecule has 1 atom stereocenters. The van der Waals surface area contributed by atoms with E-state index in [1.165, 1.54) is 22.5 Å². The number of rotatable bonds is 3. The molecule has 19 heavy (non-hydrogen) atoms. The highest BCUT2D eigenvalue weighted by molar-refractivity contribution is 7.88. The zero-order chi connectivity index (χ0) is 14.0. The van der Waals surface area contributed by atoms with E-state index in [0.29, 0.717) is 18.7 Å². The molecule has 1 aliphatic heterocycles. The van der Waals surface area contributed by atoms with Gasteiger partial charge < -0.3 is 5.73 Å². The Morgan fingerprint density at radius 2 is 2.21 bits per heavy atom. The number of nitrogens with two attached hydrogens (primary N) is 1. The van der Waals surface area contributed by atoms with E-state index in [1.54, 1.807) is 0 Å². The summed E-state index contributed by atoms with van der Waals surface area (Å²) in [5.41, 5.74) is 6.26. The van der Waals surface area contributed by atoms with Crippen LogP contribution in [-0.4, -0.2) is 31.9 Å². The molecule has 0 amide bonds. The second-order valence-corrected chi connectivity index (χ2v) is 7.14. The maximum Gasteiger partial charge on any atom is 0.218 e. The van der Waals surface area contributed by atoms with Crippen LogP contribution in [0.4, 0.5) is 4.39 Å². The predicted molar refractivity (Wildman–Crippen MR) is 72.8 cm³/mol. The Labute approximate surface area is 117 Å². The van der Waals surface area contributed by atoms with E-state index in [1.807, 2.05) is 0 Å². The van der Waals surface area contributed by atoms with Crippen molar-refractivity contribution >= 4 is 21.6 Å². The molecule has 1 aromatic rings. The molecule has 0 spiro atoms. The Kier molecular flexibility index (Phi) is 4.45. The van der Waals surface area contributed by atoms with Crippen molar-refractivity contribution in [3.8, 4) is 0 Å². The number of nitrogens with zero attached hydrogens (tertiary/aromatic N) is 1. The van der Waals surface area contributed by atoms with Gasteiger partial charge in [-0.2, -0.15) is 0 Å². The number of hydrogen-bond donors (Lipinski definition) is 1. The van der Waals surface area contributed by atoms with Crippen molar-refractivity contribution in [1.29, 1.82) is 0 Å². The summed E-state index contributed by atoms with van der Waals surface area (Å²) in [5, 5.41) is -0.0666. The van der Waals surface area contributed by atoms with Crippen LogP contribution in [0, 0.1) is 5.82 Å². The van der Waals surface area contributed by atoms with Crippen LogP contribution in [0.2, 0.25) is 5.02 Å². The third-order valence-electron chi connectivity index (χ3n) is 3.15. The summed E-state index contributed by atoms with van der Waals surface area (Å²) in [6.07, 6.45) is 1.61. The van der Waals surface area contributed by atoms with Crippen molar-refractivity contribution in [2.75, 3.05) is 13.1 Å². The SMILES string of the molecule is N[C@@H]1CCCN(S(=O)(=O)Cc2ccc(F)c(Cl)c2)C1. The van der Waals surface area contributed by atoms with Crippen LogP contribution in [-0.2, 0) is 15.8 Å². The highest BCUT2D eigenvalue weighted by atomic mass is 35.5. The minimum atomic E-state index is -3.43. The number of hydrogen-bond acceptors (Lipinski definition) is 3. The number of benzene rings is 1. The lowest BCUT2D eigenvalue weighted by molar-refractivity contribution is 0.316. The number of sulfonamides is 1. The Morgan fingerprint density at radius 1 is 1.47 bits per heavy atom. The van der Waals surface area contributed by atoms with E-state index in [2.05, 4.69) is 0 Å². The first-order valence-corrected chi connectivity index (χ1v) is 8.04. The highest BCUT2D eigenvalue weighted by Gasteiger charge is 2.27. The van der Waals surface area contributed by atoms with Gasteiger partial charge in [-0.3, -0.25) is 0 Å². The van der Waals surface area contributed by atoms with Crippen molar-refractivity contribution < 1.29 is 12.8 Å². The Hall–Kier alpha value is -0.690. The van der Waals surface area contributed by atoms with E-state index in [9.17, 15) is 12.8 Å². The van der Waals surface area contributed by atoms with Crippen LogP contribution in [0.1, 0.15) is 18.4 Å². The van der Waals surface area contributed by atoms with Gasteiger partial charge >= 0.3 is 0 Å². The Bertz CT molecular complexity index is 565. The molecule has 1 saturated heterocycles. The average Bonchev–Trinajstić information content (AvgIpc) is 2.33. The minimum Gasteiger partial charge on any atom is -0.327 e. The molecule has 0 saturated carbocycles. The maximum absolute atomic E-state index is 13.0. The standard InChI is InChI=1S/C12H16ClFN2O2S/c13-11-6-9(3-4-12(11)14)8-19(17,18)16-5-1-2-10(15)7-16/h3-4,6,10H,1-2,5,7-8,15H2/t10-/m1/s1. The van der Waals surface area contributed by atoms with Crippen LogP contribution in [0.25, 0.3) is 0 Å². The molecule has 4 nitrogen and oxygen atoms in total. The van der Waals surface area contributed by atoms with E-state index in [-0.39, 0.29) is 16.8 Å². The van der Waals surface area contributed by atoms with Crippen molar-refractivity contribution in [2.45, 2.75) is 24.6 Å². The smallest absolute Gasteiger partial charge is 0.218 e. The molecule has 106 valence electrons. The molecular formula is C12H16ClFN2O2S. The Morgan fingerprint density at radius 3 is 2.84 bits per heavy atom. The minimum absolute atomic E-state index is 0.0666. The lowest BCUT2D eigenvalue weighted by Crippen LogP contribution is -2.46. The molecule has 0 aromatic heterocycles. The summed E-state index contributed by atoms with van der Waals surface area (Å²) in [5.74, 6) is -0.734. The van der Waals surface area contributed by atoms with E-state index >= 15 is 0 Å². The van der Waals surface area contributed by atoms with E-state index in [0.717, 1.165) is 12.8 Å². The first kappa shape index (κ1) is 14.7. The van der Waals surface area contributed by atoms with Gasteiger partial charge in [0.1, 0.15) is 5.82 Å². The number of piperidine rings is 1. The number of halogens is 2. The van der Waals surface area contributed by atoms with Crippen molar-refractivity contribution in [3.05, 3.63) is 34.6 Å². The summed E-state index contributed by atoms with van der Waals surface area (Å²) in [7, 11) is -3.43. The topological polar surface area (TPSA) is 63.4 Å². The van der Waals surface area contributed by atoms with Crippen LogP contribution in [0.5, 0.6) is 0 Å². The first-order valence-electron chi connectivity index (χ1n) is 6.06. The quantitative estimate of drug-likeness (QED) is 0.925. The molecule has 2 rings (SSSR count). The van der Waals surface area contributed by atoms with Gasteiger partial charge in [0, 0.05) is 19.1 Å². The second-order valence-electron chi connectivity index (χ2n) is 4.77. The fraction of sp³-hybridized carbons (Fsp3) is 0.500. The van der Waals surface area contributed by atoms with Gasteiger partial charge in [-0.25, -0.2) is 17.1 Å². The van der Waals surface area contributed by atoms with Gasteiger partial charge in [-0.15, -0.1) is 0 Å². The van der Waals surface area contributed by atoms with Gasteiger partial charge in [-0.1, -0.05) is 17.7 Å². The summed E-state index contributed by atoms with van der Waals surface area (Å²) < 4.78 is 38.9. The zero-order valence-electron chi connectivity index (χ0n) is 10.4. The average molecular weight is 307 g/mol. The molecule has 1 fully saturated rings. The van der Waals surface area contributed by atoms with Crippen molar-refractivity contribution in [3.63, 3.8) is 0 Å². The predicted octanol–water partition coefficient (Wildman–Crippen LogP) is 1.73. The molecule has 1 heterocycles. The van der Waals surface area contributed by atoms with E-state index < -0.39 is 15.8 Å². The van der Waals surface area contributed by atoms with Gasteiger partial charge in [0.15, 0.2) is 0 Å². The van der Waals surface area contributed by atoms with Gasteiger partial charge in [0.05, 0.1) is 10.8 Å². The second kappa shape index (κ2) is 5.75. The van der Waals surface area contributed by atoms with Crippen LogP contribution in [0.15, 0.2) is 18.2 Å². The molecule has 7 heteroatoms. The van der Waals surface area contributed by atoms with Crippen molar-refractivity contribution in [1.82, 2.24) is 4.31 Å². The molecule has 0 radical (unpaired) electrons. The molecule has 0 aliphatic carbocycles.